The number of rotatable bonds is 5. The Morgan fingerprint density at radius 2 is 1.40 bits per heavy atom. The Balaban J connectivity index is 1.99. The molecule has 2 aromatic carbocycles. The third kappa shape index (κ3) is 4.02. The van der Waals surface area contributed by atoms with E-state index in [0.29, 0.717) is 0 Å². The molecule has 0 aliphatic heterocycles. The predicted octanol–water partition coefficient (Wildman–Crippen LogP) is 4.40. The molecule has 2 aromatic rings. The molecule has 2 nitrogen and oxygen atoms in total. The first-order valence-electron chi connectivity index (χ1n) is 7.19. The van der Waals surface area contributed by atoms with Gasteiger partial charge in [-0.15, -0.1) is 0 Å². The fourth-order valence-corrected chi connectivity index (χ4v) is 2.33. The van der Waals surface area contributed by atoms with Gasteiger partial charge in [0.2, 0.25) is 0 Å². The zero-order chi connectivity index (χ0) is 14.4. The van der Waals surface area contributed by atoms with E-state index < -0.39 is 0 Å². The maximum absolute atomic E-state index is 3.48. The van der Waals surface area contributed by atoms with Gasteiger partial charge in [-0.1, -0.05) is 36.4 Å². The van der Waals surface area contributed by atoms with Crippen molar-refractivity contribution >= 4 is 11.4 Å². The molecule has 0 aromatic heterocycles. The quantitative estimate of drug-likeness (QED) is 0.864. The fourth-order valence-electron chi connectivity index (χ4n) is 2.33. The normalized spacial score (nSPS) is 11.2. The summed E-state index contributed by atoms with van der Waals surface area (Å²) in [7, 11) is 0. The minimum Gasteiger partial charge on any atom is -0.383 e. The van der Waals surface area contributed by atoms with Crippen LogP contribution in [0.1, 0.15) is 20.8 Å². The number of para-hydroxylation sites is 2. The first-order valence-corrected chi connectivity index (χ1v) is 7.19. The number of benzene rings is 2. The highest BCUT2D eigenvalue weighted by Gasteiger charge is 2.20. The molecule has 0 aliphatic carbocycles. The van der Waals surface area contributed by atoms with Crippen molar-refractivity contribution in [2.75, 3.05) is 23.3 Å². The Hall–Kier alpha value is -1.96. The molecule has 0 saturated carbocycles. The molecule has 1 N–H and O–H groups in total. The van der Waals surface area contributed by atoms with E-state index in [9.17, 15) is 0 Å². The van der Waals surface area contributed by atoms with Crippen LogP contribution in [0.5, 0.6) is 0 Å². The van der Waals surface area contributed by atoms with E-state index in [1.54, 1.807) is 0 Å². The van der Waals surface area contributed by atoms with Gasteiger partial charge in [-0.05, 0) is 45.0 Å². The van der Waals surface area contributed by atoms with Crippen LogP contribution in [-0.4, -0.2) is 18.6 Å². The second-order valence-corrected chi connectivity index (χ2v) is 5.95. The standard InChI is InChI=1S/C18H24N2/c1-18(2,3)20(17-12-8-5-9-13-17)15-14-19-16-10-6-4-7-11-16/h4-13,19H,14-15H2,1-3H3. The molecule has 0 amide bonds. The van der Waals surface area contributed by atoms with Crippen LogP contribution < -0.4 is 10.2 Å². The molecule has 0 spiro atoms. The largest absolute Gasteiger partial charge is 0.383 e. The third-order valence-electron chi connectivity index (χ3n) is 3.32. The van der Waals surface area contributed by atoms with E-state index in [4.69, 9.17) is 0 Å². The van der Waals surface area contributed by atoms with Crippen LogP contribution >= 0.6 is 0 Å². The van der Waals surface area contributed by atoms with Crippen molar-refractivity contribution < 1.29 is 0 Å². The molecular weight excluding hydrogens is 244 g/mol. The second-order valence-electron chi connectivity index (χ2n) is 5.95. The zero-order valence-electron chi connectivity index (χ0n) is 12.6. The highest BCUT2D eigenvalue weighted by molar-refractivity contribution is 5.49. The first kappa shape index (κ1) is 14.4. The van der Waals surface area contributed by atoms with Crippen molar-refractivity contribution in [2.45, 2.75) is 26.3 Å². The van der Waals surface area contributed by atoms with Crippen molar-refractivity contribution in [1.82, 2.24) is 0 Å². The smallest absolute Gasteiger partial charge is 0.0371 e. The summed E-state index contributed by atoms with van der Waals surface area (Å²) in [4.78, 5) is 2.43. The van der Waals surface area contributed by atoms with E-state index in [1.165, 1.54) is 11.4 Å². The van der Waals surface area contributed by atoms with Crippen molar-refractivity contribution in [2.24, 2.45) is 0 Å². The summed E-state index contributed by atoms with van der Waals surface area (Å²) < 4.78 is 0. The molecule has 2 rings (SSSR count). The van der Waals surface area contributed by atoms with Gasteiger partial charge < -0.3 is 10.2 Å². The summed E-state index contributed by atoms with van der Waals surface area (Å²) in [5.74, 6) is 0. The molecule has 0 atom stereocenters. The topological polar surface area (TPSA) is 15.3 Å². The lowest BCUT2D eigenvalue weighted by molar-refractivity contribution is 0.509. The van der Waals surface area contributed by atoms with Gasteiger partial charge in [0.15, 0.2) is 0 Å². The van der Waals surface area contributed by atoms with Crippen LogP contribution in [-0.2, 0) is 0 Å². The van der Waals surface area contributed by atoms with Crippen LogP contribution in [0.2, 0.25) is 0 Å². The van der Waals surface area contributed by atoms with E-state index >= 15 is 0 Å². The number of hydrogen-bond donors (Lipinski definition) is 1. The highest BCUT2D eigenvalue weighted by atomic mass is 15.2. The van der Waals surface area contributed by atoms with Crippen LogP contribution in [0.15, 0.2) is 60.7 Å². The Morgan fingerprint density at radius 3 is 1.95 bits per heavy atom. The Kier molecular flexibility index (Phi) is 4.67. The average molecular weight is 268 g/mol. The molecule has 0 radical (unpaired) electrons. The van der Waals surface area contributed by atoms with Gasteiger partial charge >= 0.3 is 0 Å². The maximum atomic E-state index is 3.48. The van der Waals surface area contributed by atoms with E-state index in [2.05, 4.69) is 85.6 Å². The van der Waals surface area contributed by atoms with E-state index in [0.717, 1.165) is 13.1 Å². The summed E-state index contributed by atoms with van der Waals surface area (Å²) in [6.07, 6.45) is 0. The second kappa shape index (κ2) is 6.47. The molecule has 0 bridgehead atoms. The number of anilines is 2. The lowest BCUT2D eigenvalue weighted by Gasteiger charge is -2.38. The van der Waals surface area contributed by atoms with Gasteiger partial charge in [-0.3, -0.25) is 0 Å². The fraction of sp³-hybridized carbons (Fsp3) is 0.333. The van der Waals surface area contributed by atoms with Crippen LogP contribution in [0.4, 0.5) is 11.4 Å². The minimum absolute atomic E-state index is 0.111. The monoisotopic (exact) mass is 268 g/mol. The predicted molar refractivity (Wildman–Crippen MR) is 88.5 cm³/mol. The highest BCUT2D eigenvalue weighted by Crippen LogP contribution is 2.22. The molecule has 0 saturated heterocycles. The summed E-state index contributed by atoms with van der Waals surface area (Å²) in [5, 5.41) is 3.48. The Labute approximate surface area is 122 Å². The van der Waals surface area contributed by atoms with Gasteiger partial charge in [0, 0.05) is 30.0 Å². The number of nitrogens with one attached hydrogen (secondary N) is 1. The Bertz CT molecular complexity index is 500. The average Bonchev–Trinajstić information content (AvgIpc) is 2.44. The third-order valence-corrected chi connectivity index (χ3v) is 3.32. The molecule has 0 heterocycles. The first-order chi connectivity index (χ1) is 9.57. The molecule has 0 fully saturated rings. The Morgan fingerprint density at radius 1 is 0.850 bits per heavy atom. The lowest BCUT2D eigenvalue weighted by atomic mass is 10.0. The van der Waals surface area contributed by atoms with Gasteiger partial charge in [0.25, 0.3) is 0 Å². The van der Waals surface area contributed by atoms with Gasteiger partial charge in [0.1, 0.15) is 0 Å². The van der Waals surface area contributed by atoms with Gasteiger partial charge in [-0.25, -0.2) is 0 Å². The van der Waals surface area contributed by atoms with E-state index in [1.807, 2.05) is 6.07 Å². The molecule has 0 aliphatic rings. The van der Waals surface area contributed by atoms with Crippen molar-refractivity contribution in [1.29, 1.82) is 0 Å². The van der Waals surface area contributed by atoms with Crippen molar-refractivity contribution in [3.63, 3.8) is 0 Å². The van der Waals surface area contributed by atoms with Crippen LogP contribution in [0.25, 0.3) is 0 Å². The van der Waals surface area contributed by atoms with Gasteiger partial charge in [-0.2, -0.15) is 0 Å². The van der Waals surface area contributed by atoms with Crippen LogP contribution in [0, 0.1) is 0 Å². The molecule has 106 valence electrons. The minimum atomic E-state index is 0.111. The van der Waals surface area contributed by atoms with Crippen LogP contribution in [0.3, 0.4) is 0 Å². The molecular formula is C18H24N2. The number of hydrogen-bond acceptors (Lipinski definition) is 2. The van der Waals surface area contributed by atoms with E-state index in [-0.39, 0.29) is 5.54 Å². The summed E-state index contributed by atoms with van der Waals surface area (Å²) >= 11 is 0. The van der Waals surface area contributed by atoms with Crippen molar-refractivity contribution in [3.8, 4) is 0 Å². The summed E-state index contributed by atoms with van der Waals surface area (Å²) in [5.41, 5.74) is 2.56. The molecule has 20 heavy (non-hydrogen) atoms. The molecule has 2 heteroatoms. The molecule has 0 unspecified atom stereocenters. The summed E-state index contributed by atoms with van der Waals surface area (Å²) in [6.45, 7) is 8.66. The SMILES string of the molecule is CC(C)(C)N(CCNc1ccccc1)c1ccccc1. The lowest BCUT2D eigenvalue weighted by Crippen LogP contribution is -2.44. The zero-order valence-corrected chi connectivity index (χ0v) is 12.6. The summed E-state index contributed by atoms with van der Waals surface area (Å²) in [6, 6.07) is 21.0. The van der Waals surface area contributed by atoms with Crippen molar-refractivity contribution in [3.05, 3.63) is 60.7 Å². The maximum Gasteiger partial charge on any atom is 0.0371 e. The number of nitrogens with zero attached hydrogens (tertiary/aromatic N) is 1. The van der Waals surface area contributed by atoms with Gasteiger partial charge in [0.05, 0.1) is 0 Å².